The highest BCUT2D eigenvalue weighted by atomic mass is 16.5. The lowest BCUT2D eigenvalue weighted by Crippen LogP contribution is -2.44. The highest BCUT2D eigenvalue weighted by molar-refractivity contribution is 5.96. The highest BCUT2D eigenvalue weighted by Gasteiger charge is 2.29. The van der Waals surface area contributed by atoms with Gasteiger partial charge in [0.1, 0.15) is 12.4 Å². The van der Waals surface area contributed by atoms with Gasteiger partial charge in [-0.3, -0.25) is 14.5 Å². The van der Waals surface area contributed by atoms with E-state index in [0.717, 1.165) is 45.7 Å². The van der Waals surface area contributed by atoms with Gasteiger partial charge in [0, 0.05) is 44.7 Å². The lowest BCUT2D eigenvalue weighted by atomic mass is 9.83. The van der Waals surface area contributed by atoms with Gasteiger partial charge in [-0.15, -0.1) is 0 Å². The molecule has 1 saturated heterocycles. The smallest absolute Gasteiger partial charge is 0.255 e. The number of hydrogen-bond acceptors (Lipinski definition) is 7. The van der Waals surface area contributed by atoms with Crippen LogP contribution in [0.3, 0.4) is 0 Å². The number of carbonyl (C=O) groups excluding carboxylic acids is 2. The molecular formula is C31H54N4O5. The molecule has 9 heteroatoms. The van der Waals surface area contributed by atoms with Crippen LogP contribution in [0, 0.1) is 23.7 Å². The molecule has 4 unspecified atom stereocenters. The Labute approximate surface area is 241 Å². The Morgan fingerprint density at radius 2 is 1.77 bits per heavy atom. The Morgan fingerprint density at radius 1 is 1.07 bits per heavy atom. The van der Waals surface area contributed by atoms with E-state index in [2.05, 4.69) is 36.3 Å². The van der Waals surface area contributed by atoms with Crippen LogP contribution in [0.15, 0.2) is 24.3 Å². The number of nitrogens with two attached hydrogens (primary N) is 1. The van der Waals surface area contributed by atoms with Crippen LogP contribution in [0.5, 0.6) is 5.75 Å². The molecule has 40 heavy (non-hydrogen) atoms. The highest BCUT2D eigenvalue weighted by Crippen LogP contribution is 2.24. The Balaban J connectivity index is 1.90. The normalized spacial score (nSPS) is 17.3. The maximum atomic E-state index is 13.1. The number of nitrogens with one attached hydrogen (secondary N) is 2. The van der Waals surface area contributed by atoms with Crippen LogP contribution in [0.1, 0.15) is 70.7 Å². The predicted octanol–water partition coefficient (Wildman–Crippen LogP) is 3.06. The second-order valence-corrected chi connectivity index (χ2v) is 11.7. The van der Waals surface area contributed by atoms with Gasteiger partial charge in [0.25, 0.3) is 5.91 Å². The zero-order valence-corrected chi connectivity index (χ0v) is 25.4. The summed E-state index contributed by atoms with van der Waals surface area (Å²) in [6, 6.07) is 6.80. The molecule has 4 atom stereocenters. The molecule has 1 aliphatic rings. The van der Waals surface area contributed by atoms with E-state index in [1.165, 1.54) is 0 Å². The topological polar surface area (TPSA) is 126 Å². The first-order chi connectivity index (χ1) is 19.1. The van der Waals surface area contributed by atoms with Gasteiger partial charge in [0.15, 0.2) is 0 Å². The number of para-hydroxylation sites is 1. The summed E-state index contributed by atoms with van der Waals surface area (Å²) >= 11 is 0. The van der Waals surface area contributed by atoms with E-state index in [-0.39, 0.29) is 35.5 Å². The van der Waals surface area contributed by atoms with Crippen molar-refractivity contribution < 1.29 is 24.2 Å². The van der Waals surface area contributed by atoms with Gasteiger partial charge < -0.3 is 30.9 Å². The number of ether oxygens (including phenoxy) is 2. The molecule has 5 N–H and O–H groups in total. The van der Waals surface area contributed by atoms with Crippen molar-refractivity contribution in [3.8, 4) is 5.75 Å². The van der Waals surface area contributed by atoms with E-state index >= 15 is 0 Å². The molecular weight excluding hydrogens is 508 g/mol. The molecule has 0 saturated carbocycles. The number of morpholine rings is 1. The van der Waals surface area contributed by atoms with Crippen LogP contribution >= 0.6 is 0 Å². The molecule has 1 aromatic rings. The Bertz CT molecular complexity index is 875. The van der Waals surface area contributed by atoms with Crippen molar-refractivity contribution in [1.82, 2.24) is 15.5 Å². The lowest BCUT2D eigenvalue weighted by molar-refractivity contribution is -0.127. The van der Waals surface area contributed by atoms with Crippen molar-refractivity contribution >= 4 is 11.8 Å². The molecule has 1 aromatic carbocycles. The van der Waals surface area contributed by atoms with Gasteiger partial charge in [-0.1, -0.05) is 53.2 Å². The third kappa shape index (κ3) is 11.7. The average Bonchev–Trinajstić information content (AvgIpc) is 2.94. The number of unbranched alkanes of at least 4 members (excludes halogenated alkanes) is 1. The van der Waals surface area contributed by atoms with E-state index in [0.29, 0.717) is 43.9 Å². The minimum Gasteiger partial charge on any atom is -0.491 e. The molecule has 2 rings (SSSR count). The first-order valence-electron chi connectivity index (χ1n) is 15.1. The first kappa shape index (κ1) is 34.0. The average molecular weight is 563 g/mol. The summed E-state index contributed by atoms with van der Waals surface area (Å²) in [5, 5.41) is 17.0. The molecule has 0 aromatic heterocycles. The number of hydrogen-bond donors (Lipinski definition) is 4. The molecule has 1 heterocycles. The third-order valence-corrected chi connectivity index (χ3v) is 7.90. The zero-order valence-electron chi connectivity index (χ0n) is 25.4. The summed E-state index contributed by atoms with van der Waals surface area (Å²) in [4.78, 5) is 28.1. The maximum Gasteiger partial charge on any atom is 0.255 e. The largest absolute Gasteiger partial charge is 0.491 e. The molecule has 0 aliphatic carbocycles. The minimum atomic E-state index is -0.804. The van der Waals surface area contributed by atoms with Crippen molar-refractivity contribution in [2.75, 3.05) is 52.5 Å². The second kappa shape index (κ2) is 18.3. The maximum absolute atomic E-state index is 13.1. The standard InChI is InChI=1S/C31H54N4O5/c1-6-7-12-33-31(38)26(23(4)5)20-28(36)27(32)19-24(22(2)3)21-34-30(37)25-10-8-9-11-29(25)40-18-15-35-13-16-39-17-14-35/h8-11,22-24,26-28,36H,6-7,12-21,32H2,1-5H3,(H,33,38)(H,34,37). The van der Waals surface area contributed by atoms with Crippen LogP contribution in [0.2, 0.25) is 0 Å². The van der Waals surface area contributed by atoms with E-state index in [9.17, 15) is 14.7 Å². The summed E-state index contributed by atoms with van der Waals surface area (Å²) in [7, 11) is 0. The van der Waals surface area contributed by atoms with E-state index in [4.69, 9.17) is 15.2 Å². The van der Waals surface area contributed by atoms with E-state index < -0.39 is 12.1 Å². The number of benzene rings is 1. The summed E-state index contributed by atoms with van der Waals surface area (Å²) in [6.45, 7) is 15.9. The van der Waals surface area contributed by atoms with E-state index in [1.54, 1.807) is 6.07 Å². The van der Waals surface area contributed by atoms with Crippen LogP contribution in [-0.2, 0) is 9.53 Å². The predicted molar refractivity (Wildman–Crippen MR) is 159 cm³/mol. The summed E-state index contributed by atoms with van der Waals surface area (Å²) in [5.41, 5.74) is 6.96. The lowest BCUT2D eigenvalue weighted by Gasteiger charge is -2.30. The first-order valence-corrected chi connectivity index (χ1v) is 15.1. The van der Waals surface area contributed by atoms with Crippen LogP contribution < -0.4 is 21.1 Å². The van der Waals surface area contributed by atoms with Crippen LogP contribution in [-0.4, -0.2) is 86.5 Å². The molecule has 1 aliphatic heterocycles. The zero-order chi connectivity index (χ0) is 29.5. The molecule has 1 fully saturated rings. The number of aliphatic hydroxyl groups is 1. The summed E-state index contributed by atoms with van der Waals surface area (Å²) in [5.74, 6) is 0.474. The fourth-order valence-electron chi connectivity index (χ4n) is 4.94. The molecule has 0 radical (unpaired) electrons. The number of carbonyl (C=O) groups is 2. The molecule has 228 valence electrons. The van der Waals surface area contributed by atoms with Crippen molar-refractivity contribution in [1.29, 1.82) is 0 Å². The molecule has 0 bridgehead atoms. The quantitative estimate of drug-likeness (QED) is 0.203. The second-order valence-electron chi connectivity index (χ2n) is 11.7. The number of rotatable bonds is 18. The van der Waals surface area contributed by atoms with Gasteiger partial charge in [0.05, 0.1) is 24.9 Å². The van der Waals surface area contributed by atoms with Gasteiger partial charge in [-0.05, 0) is 49.1 Å². The van der Waals surface area contributed by atoms with Gasteiger partial charge in [-0.2, -0.15) is 0 Å². The third-order valence-electron chi connectivity index (χ3n) is 7.90. The van der Waals surface area contributed by atoms with Crippen LogP contribution in [0.4, 0.5) is 0 Å². The van der Waals surface area contributed by atoms with Crippen molar-refractivity contribution in [3.05, 3.63) is 29.8 Å². The van der Waals surface area contributed by atoms with Crippen LogP contribution in [0.25, 0.3) is 0 Å². The minimum absolute atomic E-state index is 0.0202. The monoisotopic (exact) mass is 562 g/mol. The van der Waals surface area contributed by atoms with Gasteiger partial charge >= 0.3 is 0 Å². The molecule has 9 nitrogen and oxygen atoms in total. The number of amides is 2. The number of nitrogens with zero attached hydrogens (tertiary/aromatic N) is 1. The Morgan fingerprint density at radius 3 is 2.42 bits per heavy atom. The van der Waals surface area contributed by atoms with Crippen molar-refractivity contribution in [2.24, 2.45) is 29.4 Å². The number of aliphatic hydroxyl groups excluding tert-OH is 1. The SMILES string of the molecule is CCCCNC(=O)C(CC(O)C(N)CC(CNC(=O)c1ccccc1OCCN1CCOCC1)C(C)C)C(C)C. The summed E-state index contributed by atoms with van der Waals surface area (Å²) in [6.07, 6.45) is 2.01. The van der Waals surface area contributed by atoms with Gasteiger partial charge in [0.2, 0.25) is 5.91 Å². The Hall–Kier alpha value is -2.20. The van der Waals surface area contributed by atoms with Crippen molar-refractivity contribution in [3.63, 3.8) is 0 Å². The molecule has 2 amide bonds. The molecule has 0 spiro atoms. The Kier molecular flexibility index (Phi) is 15.5. The van der Waals surface area contributed by atoms with Gasteiger partial charge in [-0.25, -0.2) is 0 Å². The fourth-order valence-corrected chi connectivity index (χ4v) is 4.94. The fraction of sp³-hybridized carbons (Fsp3) is 0.742. The summed E-state index contributed by atoms with van der Waals surface area (Å²) < 4.78 is 11.4. The van der Waals surface area contributed by atoms with Crippen molar-refractivity contribution in [2.45, 2.75) is 72.4 Å². The van der Waals surface area contributed by atoms with E-state index in [1.807, 2.05) is 32.0 Å².